The van der Waals surface area contributed by atoms with Crippen LogP contribution in [0.5, 0.6) is 5.75 Å². The summed E-state index contributed by atoms with van der Waals surface area (Å²) in [7, 11) is 0. The lowest BCUT2D eigenvalue weighted by Gasteiger charge is -2.04. The van der Waals surface area contributed by atoms with Crippen molar-refractivity contribution in [3.8, 4) is 5.75 Å². The molecule has 0 unspecified atom stereocenters. The fourth-order valence-corrected chi connectivity index (χ4v) is 1.57. The average molecular weight is 318 g/mol. The fourth-order valence-electron chi connectivity index (χ4n) is 1.57. The van der Waals surface area contributed by atoms with Crippen LogP contribution in [-0.2, 0) is 19.1 Å². The lowest BCUT2D eigenvalue weighted by Crippen LogP contribution is -2.09. The van der Waals surface area contributed by atoms with Crippen LogP contribution in [0.4, 0.5) is 0 Å². The molecule has 5 heteroatoms. The van der Waals surface area contributed by atoms with Crippen molar-refractivity contribution in [1.82, 2.24) is 0 Å². The third-order valence-electron chi connectivity index (χ3n) is 2.72. The Labute approximate surface area is 136 Å². The Morgan fingerprint density at radius 2 is 1.78 bits per heavy atom. The van der Waals surface area contributed by atoms with Crippen molar-refractivity contribution in [1.29, 1.82) is 0 Å². The summed E-state index contributed by atoms with van der Waals surface area (Å²) in [6.45, 7) is 7.97. The molecule has 0 atom stereocenters. The van der Waals surface area contributed by atoms with Crippen LogP contribution in [0.1, 0.15) is 25.8 Å². The summed E-state index contributed by atoms with van der Waals surface area (Å²) < 4.78 is 15.2. The highest BCUT2D eigenvalue weighted by atomic mass is 16.5. The van der Waals surface area contributed by atoms with Gasteiger partial charge in [0.2, 0.25) is 0 Å². The third kappa shape index (κ3) is 7.85. The molecule has 0 aliphatic heterocycles. The second-order valence-electron chi connectivity index (χ2n) is 4.77. The molecule has 23 heavy (non-hydrogen) atoms. The van der Waals surface area contributed by atoms with Gasteiger partial charge in [-0.25, -0.2) is 9.59 Å². The number of esters is 2. The van der Waals surface area contributed by atoms with E-state index in [9.17, 15) is 9.59 Å². The van der Waals surface area contributed by atoms with E-state index in [0.29, 0.717) is 18.6 Å². The van der Waals surface area contributed by atoms with Gasteiger partial charge in [-0.1, -0.05) is 18.7 Å². The predicted octanol–water partition coefficient (Wildman–Crippen LogP) is 3.15. The summed E-state index contributed by atoms with van der Waals surface area (Å²) in [6, 6.07) is 7.38. The maximum absolute atomic E-state index is 11.5. The van der Waals surface area contributed by atoms with Crippen molar-refractivity contribution < 1.29 is 23.8 Å². The van der Waals surface area contributed by atoms with Gasteiger partial charge in [0.05, 0.1) is 19.8 Å². The quantitative estimate of drug-likeness (QED) is 0.398. The van der Waals surface area contributed by atoms with Gasteiger partial charge in [-0.15, -0.1) is 0 Å². The minimum Gasteiger partial charge on any atom is -0.494 e. The molecule has 0 radical (unpaired) electrons. The first-order valence-corrected chi connectivity index (χ1v) is 7.43. The van der Waals surface area contributed by atoms with Gasteiger partial charge in [0.25, 0.3) is 0 Å². The normalized spacial score (nSPS) is 10.3. The van der Waals surface area contributed by atoms with E-state index in [0.717, 1.165) is 11.3 Å². The number of benzene rings is 1. The van der Waals surface area contributed by atoms with Gasteiger partial charge < -0.3 is 14.2 Å². The molecular formula is C18H22O5. The number of rotatable bonds is 9. The molecule has 0 aliphatic rings. The number of carbonyl (C=O) groups is 2. The van der Waals surface area contributed by atoms with Crippen molar-refractivity contribution in [3.05, 3.63) is 48.1 Å². The van der Waals surface area contributed by atoms with Crippen molar-refractivity contribution in [2.75, 3.05) is 19.8 Å². The second-order valence-corrected chi connectivity index (χ2v) is 4.77. The smallest absolute Gasteiger partial charge is 0.333 e. The standard InChI is InChI=1S/C18H22O5/c1-4-21-16-9-6-15(7-10-16)8-11-17(19)22-12-5-13-23-18(20)14(2)3/h6-11H,2,4-5,12-13H2,1,3H3/b11-8+. The monoisotopic (exact) mass is 318 g/mol. The van der Waals surface area contributed by atoms with E-state index in [1.165, 1.54) is 6.08 Å². The molecule has 0 spiro atoms. The van der Waals surface area contributed by atoms with Crippen LogP contribution < -0.4 is 4.74 Å². The Kier molecular flexibility index (Phi) is 8.21. The molecule has 0 saturated heterocycles. The molecule has 0 N–H and O–H groups in total. The first kappa shape index (κ1) is 18.5. The second kappa shape index (κ2) is 10.2. The van der Waals surface area contributed by atoms with Crippen LogP contribution in [0, 0.1) is 0 Å². The first-order chi connectivity index (χ1) is 11.0. The average Bonchev–Trinajstić information content (AvgIpc) is 2.54. The van der Waals surface area contributed by atoms with E-state index in [2.05, 4.69) is 6.58 Å². The Bertz CT molecular complexity index is 557. The SMILES string of the molecule is C=C(C)C(=O)OCCCOC(=O)/C=C/c1ccc(OCC)cc1. The van der Waals surface area contributed by atoms with Crippen molar-refractivity contribution >= 4 is 18.0 Å². The molecule has 0 saturated carbocycles. The summed E-state index contributed by atoms with van der Waals surface area (Å²) in [5, 5.41) is 0. The van der Waals surface area contributed by atoms with Crippen molar-refractivity contribution in [3.63, 3.8) is 0 Å². The Balaban J connectivity index is 2.25. The predicted molar refractivity (Wildman–Crippen MR) is 88.0 cm³/mol. The van der Waals surface area contributed by atoms with E-state index >= 15 is 0 Å². The Hall–Kier alpha value is -2.56. The van der Waals surface area contributed by atoms with Crippen LogP contribution >= 0.6 is 0 Å². The van der Waals surface area contributed by atoms with Crippen molar-refractivity contribution in [2.24, 2.45) is 0 Å². The number of hydrogen-bond donors (Lipinski definition) is 0. The molecule has 0 aliphatic carbocycles. The maximum Gasteiger partial charge on any atom is 0.333 e. The first-order valence-electron chi connectivity index (χ1n) is 7.43. The fraction of sp³-hybridized carbons (Fsp3) is 0.333. The van der Waals surface area contributed by atoms with Crippen LogP contribution in [-0.4, -0.2) is 31.8 Å². The minimum absolute atomic E-state index is 0.190. The van der Waals surface area contributed by atoms with Crippen LogP contribution in [0.2, 0.25) is 0 Å². The summed E-state index contributed by atoms with van der Waals surface area (Å²) in [5.41, 5.74) is 1.22. The zero-order valence-electron chi connectivity index (χ0n) is 13.5. The highest BCUT2D eigenvalue weighted by Gasteiger charge is 2.03. The summed E-state index contributed by atoms with van der Waals surface area (Å²) in [4.78, 5) is 22.7. The Morgan fingerprint density at radius 1 is 1.13 bits per heavy atom. The van der Waals surface area contributed by atoms with Crippen molar-refractivity contribution in [2.45, 2.75) is 20.3 Å². The van der Waals surface area contributed by atoms with Crippen LogP contribution in [0.15, 0.2) is 42.5 Å². The van der Waals surface area contributed by atoms with Gasteiger partial charge in [-0.3, -0.25) is 0 Å². The van der Waals surface area contributed by atoms with Gasteiger partial charge >= 0.3 is 11.9 Å². The summed E-state index contributed by atoms with van der Waals surface area (Å²) in [5.74, 6) is -0.0895. The molecule has 5 nitrogen and oxygen atoms in total. The molecule has 0 amide bonds. The van der Waals surface area contributed by atoms with Gasteiger partial charge in [-0.2, -0.15) is 0 Å². The molecule has 0 heterocycles. The Morgan fingerprint density at radius 3 is 2.39 bits per heavy atom. The summed E-state index contributed by atoms with van der Waals surface area (Å²) in [6.07, 6.45) is 3.47. The molecule has 1 aromatic rings. The molecule has 0 bridgehead atoms. The highest BCUT2D eigenvalue weighted by Crippen LogP contribution is 2.13. The maximum atomic E-state index is 11.5. The van der Waals surface area contributed by atoms with Gasteiger partial charge in [0.15, 0.2) is 0 Å². The van der Waals surface area contributed by atoms with Gasteiger partial charge in [0, 0.05) is 18.1 Å². The van der Waals surface area contributed by atoms with Crippen LogP contribution in [0.3, 0.4) is 0 Å². The zero-order chi connectivity index (χ0) is 17.1. The largest absolute Gasteiger partial charge is 0.494 e. The van der Waals surface area contributed by atoms with Gasteiger partial charge in [-0.05, 0) is 37.6 Å². The minimum atomic E-state index is -0.440. The van der Waals surface area contributed by atoms with E-state index in [4.69, 9.17) is 14.2 Å². The number of hydrogen-bond acceptors (Lipinski definition) is 5. The van der Waals surface area contributed by atoms with E-state index in [-0.39, 0.29) is 13.2 Å². The highest BCUT2D eigenvalue weighted by molar-refractivity contribution is 5.87. The molecule has 1 rings (SSSR count). The number of carbonyl (C=O) groups excluding carboxylic acids is 2. The summed E-state index contributed by atoms with van der Waals surface area (Å²) >= 11 is 0. The lowest BCUT2D eigenvalue weighted by atomic mass is 10.2. The molecule has 124 valence electrons. The van der Waals surface area contributed by atoms with Crippen LogP contribution in [0.25, 0.3) is 6.08 Å². The lowest BCUT2D eigenvalue weighted by molar-refractivity contribution is -0.140. The molecule has 0 fully saturated rings. The van der Waals surface area contributed by atoms with E-state index in [1.807, 2.05) is 31.2 Å². The third-order valence-corrected chi connectivity index (χ3v) is 2.72. The van der Waals surface area contributed by atoms with E-state index in [1.54, 1.807) is 13.0 Å². The van der Waals surface area contributed by atoms with Gasteiger partial charge in [0.1, 0.15) is 5.75 Å². The topological polar surface area (TPSA) is 61.8 Å². The van der Waals surface area contributed by atoms with E-state index < -0.39 is 11.9 Å². The number of ether oxygens (including phenoxy) is 3. The molecule has 1 aromatic carbocycles. The molecule has 0 aromatic heterocycles. The zero-order valence-corrected chi connectivity index (χ0v) is 13.5. The molecular weight excluding hydrogens is 296 g/mol.